The fourth-order valence-electron chi connectivity index (χ4n) is 20.5. The van der Waals surface area contributed by atoms with Gasteiger partial charge in [-0.2, -0.15) is 0 Å². The number of aliphatic hydroxyl groups is 2. The first kappa shape index (κ1) is 42.4. The minimum atomic E-state index is -1.29. The topological polar surface area (TPSA) is 140 Å². The third kappa shape index (κ3) is 4.72. The van der Waals surface area contributed by atoms with E-state index in [4.69, 9.17) is 47.9 Å². The van der Waals surface area contributed by atoms with Crippen LogP contribution in [0.3, 0.4) is 0 Å². The van der Waals surface area contributed by atoms with Crippen LogP contribution in [0.2, 0.25) is 0 Å². The van der Waals surface area contributed by atoms with E-state index in [-0.39, 0.29) is 82.6 Å². The molecule has 2 N–H and O–H groups in total. The lowest BCUT2D eigenvalue weighted by atomic mass is 9.41. The van der Waals surface area contributed by atoms with Crippen LogP contribution in [0.4, 0.5) is 0 Å². The molecule has 1 aromatic rings. The summed E-state index contributed by atoms with van der Waals surface area (Å²) in [7, 11) is 0. The van der Waals surface area contributed by atoms with Gasteiger partial charge in [0.05, 0.1) is 59.0 Å². The molecule has 0 aromatic carbocycles. The first-order chi connectivity index (χ1) is 31.4. The van der Waals surface area contributed by atoms with Crippen molar-refractivity contribution in [1.82, 2.24) is 9.97 Å². The van der Waals surface area contributed by atoms with Crippen molar-refractivity contribution in [2.45, 2.75) is 205 Å². The van der Waals surface area contributed by atoms with Gasteiger partial charge in [0.1, 0.15) is 12.2 Å². The van der Waals surface area contributed by atoms with Gasteiger partial charge in [0.25, 0.3) is 0 Å². The van der Waals surface area contributed by atoms with Crippen molar-refractivity contribution in [3.63, 3.8) is 0 Å². The van der Waals surface area contributed by atoms with Crippen molar-refractivity contribution in [2.75, 3.05) is 13.2 Å². The molecule has 6 aliphatic carbocycles. The average molecular weight is 913 g/mol. The summed E-state index contributed by atoms with van der Waals surface area (Å²) in [6, 6.07) is 0. The molecule has 8 bridgehead atoms. The predicted molar refractivity (Wildman–Crippen MR) is 237 cm³/mol. The van der Waals surface area contributed by atoms with Crippen LogP contribution in [-0.2, 0) is 63.6 Å². The molecular formula is C54H76N2O10. The fourth-order valence-corrected chi connectivity index (χ4v) is 20.5. The summed E-state index contributed by atoms with van der Waals surface area (Å²) in [6.07, 6.45) is 11.5. The molecule has 362 valence electrons. The number of ether oxygens (including phenoxy) is 8. The summed E-state index contributed by atoms with van der Waals surface area (Å²) in [6.45, 7) is 20.1. The van der Waals surface area contributed by atoms with Crippen LogP contribution in [-0.4, -0.2) is 93.5 Å². The molecule has 17 rings (SSSR count). The monoisotopic (exact) mass is 913 g/mol. The number of nitrogens with zero attached hydrogens (tertiary/aromatic N) is 2. The maximum atomic E-state index is 13.3. The lowest BCUT2D eigenvalue weighted by molar-refractivity contribution is -0.505. The molecule has 12 nitrogen and oxygen atoms in total. The van der Waals surface area contributed by atoms with Crippen LogP contribution < -0.4 is 0 Å². The largest absolute Gasteiger partial charge is 0.365 e. The number of hydrogen-bond acceptors (Lipinski definition) is 12. The van der Waals surface area contributed by atoms with E-state index in [1.54, 1.807) is 0 Å². The molecule has 1 aromatic heterocycles. The summed E-state index contributed by atoms with van der Waals surface area (Å²) >= 11 is 0. The predicted octanol–water partition coefficient (Wildman–Crippen LogP) is 7.27. The summed E-state index contributed by atoms with van der Waals surface area (Å²) in [5.74, 6) is -0.876. The molecule has 10 saturated heterocycles. The van der Waals surface area contributed by atoms with E-state index in [9.17, 15) is 10.2 Å². The Morgan fingerprint density at radius 1 is 0.515 bits per heavy atom. The van der Waals surface area contributed by atoms with Gasteiger partial charge in [0, 0.05) is 48.3 Å². The molecule has 10 aliphatic heterocycles. The zero-order chi connectivity index (χ0) is 45.1. The highest BCUT2D eigenvalue weighted by Crippen LogP contribution is 2.75. The second-order valence-electron chi connectivity index (χ2n) is 26.7. The maximum absolute atomic E-state index is 13.3. The first-order valence-corrected chi connectivity index (χ1v) is 27.0. The van der Waals surface area contributed by atoms with Crippen molar-refractivity contribution in [1.29, 1.82) is 0 Å². The summed E-state index contributed by atoms with van der Waals surface area (Å²) in [5, 5.41) is 26.5. The number of hydrogen-bond donors (Lipinski definition) is 2. The van der Waals surface area contributed by atoms with Crippen molar-refractivity contribution in [3.05, 3.63) is 22.8 Å². The molecule has 14 fully saturated rings. The second-order valence-corrected chi connectivity index (χ2v) is 26.7. The van der Waals surface area contributed by atoms with E-state index in [1.165, 1.54) is 22.8 Å². The van der Waals surface area contributed by atoms with E-state index >= 15 is 0 Å². The van der Waals surface area contributed by atoms with Crippen molar-refractivity contribution < 1.29 is 48.1 Å². The van der Waals surface area contributed by atoms with Gasteiger partial charge in [-0.3, -0.25) is 9.97 Å². The van der Waals surface area contributed by atoms with Crippen LogP contribution in [0.1, 0.15) is 142 Å². The van der Waals surface area contributed by atoms with E-state index in [0.717, 1.165) is 89.9 Å². The average Bonchev–Trinajstić information content (AvgIpc) is 3.73. The molecule has 0 radical (unpaired) electrons. The Balaban J connectivity index is 0.703. The summed E-state index contributed by atoms with van der Waals surface area (Å²) < 4.78 is 54.6. The Kier molecular flexibility index (Phi) is 8.35. The molecule has 12 heteroatoms. The minimum absolute atomic E-state index is 0.0162. The zero-order valence-corrected chi connectivity index (χ0v) is 40.8. The van der Waals surface area contributed by atoms with Crippen LogP contribution in [0.5, 0.6) is 0 Å². The molecule has 2 spiro atoms. The third-order valence-electron chi connectivity index (χ3n) is 24.3. The highest BCUT2D eigenvalue weighted by molar-refractivity contribution is 5.33. The third-order valence-corrected chi connectivity index (χ3v) is 24.3. The molecule has 16 aliphatic rings. The lowest BCUT2D eigenvalue weighted by Gasteiger charge is -2.72. The van der Waals surface area contributed by atoms with Gasteiger partial charge in [0.2, 0.25) is 0 Å². The number of rotatable bonds is 0. The highest BCUT2D eigenvalue weighted by Gasteiger charge is 2.83. The first-order valence-electron chi connectivity index (χ1n) is 27.0. The molecule has 66 heavy (non-hydrogen) atoms. The maximum Gasteiger partial charge on any atom is 0.187 e. The molecule has 4 saturated carbocycles. The Morgan fingerprint density at radius 2 is 0.939 bits per heavy atom. The van der Waals surface area contributed by atoms with Gasteiger partial charge in [0.15, 0.2) is 35.7 Å². The van der Waals surface area contributed by atoms with Gasteiger partial charge < -0.3 is 48.1 Å². The zero-order valence-electron chi connectivity index (χ0n) is 40.8. The van der Waals surface area contributed by atoms with Crippen LogP contribution in [0.15, 0.2) is 0 Å². The van der Waals surface area contributed by atoms with Crippen LogP contribution in [0.25, 0.3) is 0 Å². The van der Waals surface area contributed by atoms with Gasteiger partial charge in [-0.05, 0) is 123 Å². The van der Waals surface area contributed by atoms with E-state index < -0.39 is 46.6 Å². The fraction of sp³-hybridized carbons (Fsp3) is 0.926. The van der Waals surface area contributed by atoms with Gasteiger partial charge in [-0.15, -0.1) is 0 Å². The summed E-state index contributed by atoms with van der Waals surface area (Å²) in [4.78, 5) is 11.3. The Morgan fingerprint density at radius 3 is 1.33 bits per heavy atom. The summed E-state index contributed by atoms with van der Waals surface area (Å²) in [5.41, 5.74) is 3.43. The lowest BCUT2D eigenvalue weighted by Crippen LogP contribution is -2.80. The molecular weight excluding hydrogens is 837 g/mol. The van der Waals surface area contributed by atoms with Crippen molar-refractivity contribution in [2.24, 2.45) is 92.7 Å². The number of fused-ring (bicyclic) bond motifs is 8. The Bertz CT molecular complexity index is 2090. The standard InChI is InChI=1S/C54H76N2O10/c1-25-13-15-51(59-23-25)27(3)41-43(63-51)45-61-39-19-33-31(53(57,65-45)49(39,41)7)11-9-29-17-35-37(21-47(29,33)5)55-36-18-30-10-12-32-34(48(30,6)22-38(36)56-35)20-40-50(8)42-28(4)52(16-14-26(2)24-60-52)64-44(42)46(62-40)66-54(32,50)58/h25-34,39-46,57-58H,9-24H2,1-8H3/t25-,26-,27+,28+,29?,30?,31-,32-,33+,34+,39+,40+,41+,42+,43-,44-,45-,46-,47+,48+,49-,50-,51-,52-,53-,54-/m1/s1. The van der Waals surface area contributed by atoms with Crippen molar-refractivity contribution >= 4 is 0 Å². The number of aromatic nitrogens is 2. The molecule has 26 atom stereocenters. The smallest absolute Gasteiger partial charge is 0.187 e. The quantitative estimate of drug-likeness (QED) is 0.271. The van der Waals surface area contributed by atoms with Gasteiger partial charge >= 0.3 is 0 Å². The van der Waals surface area contributed by atoms with Gasteiger partial charge in [-0.25, -0.2) is 0 Å². The molecule has 2 unspecified atom stereocenters. The highest BCUT2D eigenvalue weighted by atomic mass is 16.8. The van der Waals surface area contributed by atoms with Crippen molar-refractivity contribution in [3.8, 4) is 0 Å². The Labute approximate surface area is 391 Å². The normalized spacial score (nSPS) is 63.2. The van der Waals surface area contributed by atoms with Crippen LogP contribution in [0, 0.1) is 92.7 Å². The SMILES string of the molecule is C[C@@H]1CC[C@@]2(OC1)O[C@H]1[C@@H]3O[C@H]4C[C@H]5[C@@H](CCC6Cc7nc8c(nc7C[C@@]65C)CC5CC[C@@H]6[C@H](C[C@@H]7O[C@@H]9O[C@@]6(O)[C@@]7(C)[C@@H]6[C@H]9O[C@]7(CC[C@@H](C)CO7)[C@H]6C)[C@@]5(C)C8)[C@@](O)(O3)[C@@]4(C)[C@H]1[C@@H]2C. The van der Waals surface area contributed by atoms with E-state index in [2.05, 4.69) is 55.4 Å². The van der Waals surface area contributed by atoms with E-state index in [0.29, 0.717) is 36.9 Å². The molecule has 11 heterocycles. The van der Waals surface area contributed by atoms with Crippen LogP contribution >= 0.6 is 0 Å². The minimum Gasteiger partial charge on any atom is -0.365 e. The Hall–Kier alpha value is -1.32. The van der Waals surface area contributed by atoms with E-state index in [1.807, 2.05) is 0 Å². The molecule has 0 amide bonds. The van der Waals surface area contributed by atoms with Gasteiger partial charge in [-0.1, -0.05) is 55.4 Å². The second kappa shape index (κ2) is 13.0.